The van der Waals surface area contributed by atoms with Crippen molar-refractivity contribution >= 4 is 11.6 Å². The van der Waals surface area contributed by atoms with Crippen molar-refractivity contribution in [2.75, 3.05) is 11.9 Å². The van der Waals surface area contributed by atoms with Gasteiger partial charge in [-0.05, 0) is 38.5 Å². The Bertz CT molecular complexity index is 715. The highest BCUT2D eigenvalue weighted by molar-refractivity contribution is 6.06. The summed E-state index contributed by atoms with van der Waals surface area (Å²) in [6.07, 6.45) is 0. The molecule has 0 saturated carbocycles. The van der Waals surface area contributed by atoms with E-state index in [2.05, 4.69) is 27.4 Å². The molecule has 1 amide bonds. The molecule has 0 atom stereocenters. The highest BCUT2D eigenvalue weighted by Crippen LogP contribution is 2.19. The summed E-state index contributed by atoms with van der Waals surface area (Å²) in [6.45, 7) is 5.88. The van der Waals surface area contributed by atoms with Gasteiger partial charge in [-0.25, -0.2) is 0 Å². The maximum Gasteiger partial charge on any atom is 0.256 e. The second-order valence-corrected chi connectivity index (χ2v) is 4.75. The summed E-state index contributed by atoms with van der Waals surface area (Å²) < 4.78 is 0. The normalized spacial score (nSPS) is 9.90. The van der Waals surface area contributed by atoms with Crippen LogP contribution in [0, 0.1) is 32.6 Å². The Morgan fingerprint density at radius 1 is 1.38 bits per heavy atom. The first-order valence-corrected chi connectivity index (χ1v) is 6.66. The van der Waals surface area contributed by atoms with Crippen LogP contribution in [0.5, 0.6) is 0 Å². The summed E-state index contributed by atoms with van der Waals surface area (Å²) in [5, 5.41) is 9.81. The van der Waals surface area contributed by atoms with E-state index in [4.69, 9.17) is 5.73 Å². The lowest BCUT2D eigenvalue weighted by Gasteiger charge is -2.09. The second-order valence-electron chi connectivity index (χ2n) is 4.75. The maximum atomic E-state index is 12.4. The summed E-state index contributed by atoms with van der Waals surface area (Å²) >= 11 is 0. The molecule has 0 unspecified atom stereocenters. The molecule has 0 aliphatic rings. The fourth-order valence-corrected chi connectivity index (χ4v) is 2.08. The van der Waals surface area contributed by atoms with E-state index in [1.807, 2.05) is 32.9 Å². The van der Waals surface area contributed by atoms with Crippen LogP contribution >= 0.6 is 0 Å². The van der Waals surface area contributed by atoms with E-state index < -0.39 is 0 Å². The van der Waals surface area contributed by atoms with Crippen molar-refractivity contribution in [1.82, 2.24) is 10.2 Å². The molecular weight excluding hydrogens is 264 g/mol. The van der Waals surface area contributed by atoms with E-state index in [0.29, 0.717) is 12.1 Å². The van der Waals surface area contributed by atoms with Gasteiger partial charge in [0, 0.05) is 11.1 Å². The van der Waals surface area contributed by atoms with Crippen molar-refractivity contribution in [2.45, 2.75) is 20.8 Å². The Kier molecular flexibility index (Phi) is 4.41. The van der Waals surface area contributed by atoms with Crippen LogP contribution in [0.4, 0.5) is 5.69 Å². The molecule has 21 heavy (non-hydrogen) atoms. The van der Waals surface area contributed by atoms with Crippen molar-refractivity contribution in [3.05, 3.63) is 46.3 Å². The summed E-state index contributed by atoms with van der Waals surface area (Å²) in [4.78, 5) is 12.4. The molecule has 0 fully saturated rings. The fraction of sp³-hybridized carbons (Fsp3) is 0.250. The van der Waals surface area contributed by atoms with Gasteiger partial charge < -0.3 is 11.1 Å². The van der Waals surface area contributed by atoms with Crippen LogP contribution in [-0.2, 0) is 0 Å². The molecule has 108 valence electrons. The molecular formula is C16H18N4O. The monoisotopic (exact) mass is 282 g/mol. The number of carbonyl (C=O) groups is 1. The molecule has 5 heteroatoms. The largest absolute Gasteiger partial charge is 0.320 e. The molecule has 1 aromatic heterocycles. The number of hydrogen-bond acceptors (Lipinski definition) is 3. The number of anilines is 1. The molecule has 5 nitrogen and oxygen atoms in total. The minimum Gasteiger partial charge on any atom is -0.320 e. The van der Waals surface area contributed by atoms with Gasteiger partial charge in [-0.3, -0.25) is 9.89 Å². The quantitative estimate of drug-likeness (QED) is 0.736. The first-order valence-electron chi connectivity index (χ1n) is 6.66. The number of aromatic nitrogens is 2. The molecule has 0 radical (unpaired) electrons. The zero-order chi connectivity index (χ0) is 15.4. The van der Waals surface area contributed by atoms with Crippen molar-refractivity contribution in [1.29, 1.82) is 0 Å². The predicted octanol–water partition coefficient (Wildman–Crippen LogP) is 1.90. The lowest BCUT2D eigenvalue weighted by atomic mass is 10.0. The van der Waals surface area contributed by atoms with E-state index in [-0.39, 0.29) is 5.91 Å². The number of aromatic amines is 1. The van der Waals surface area contributed by atoms with Crippen LogP contribution in [0.25, 0.3) is 0 Å². The molecule has 2 rings (SSSR count). The van der Waals surface area contributed by atoms with Gasteiger partial charge in [0.15, 0.2) is 0 Å². The number of rotatable bonds is 2. The number of nitrogens with one attached hydrogen (secondary N) is 2. The van der Waals surface area contributed by atoms with Crippen LogP contribution in [0.3, 0.4) is 0 Å². The Morgan fingerprint density at radius 2 is 2.14 bits per heavy atom. The summed E-state index contributed by atoms with van der Waals surface area (Å²) in [6, 6.07) is 5.48. The third kappa shape index (κ3) is 3.12. The van der Waals surface area contributed by atoms with E-state index in [1.54, 1.807) is 6.07 Å². The molecule has 0 saturated heterocycles. The first kappa shape index (κ1) is 14.8. The minimum absolute atomic E-state index is 0.170. The van der Waals surface area contributed by atoms with Gasteiger partial charge in [0.05, 0.1) is 23.6 Å². The van der Waals surface area contributed by atoms with Crippen LogP contribution in [0.15, 0.2) is 18.2 Å². The fourth-order valence-electron chi connectivity index (χ4n) is 2.08. The van der Waals surface area contributed by atoms with Crippen molar-refractivity contribution in [3.63, 3.8) is 0 Å². The Morgan fingerprint density at radius 3 is 2.76 bits per heavy atom. The molecule has 0 aliphatic carbocycles. The number of H-pyrrole nitrogens is 1. The van der Waals surface area contributed by atoms with Gasteiger partial charge in [-0.2, -0.15) is 5.10 Å². The zero-order valence-corrected chi connectivity index (χ0v) is 12.4. The molecule has 1 heterocycles. The van der Waals surface area contributed by atoms with E-state index in [1.165, 1.54) is 0 Å². The molecule has 4 N–H and O–H groups in total. The Labute approximate surface area is 123 Å². The minimum atomic E-state index is -0.170. The topological polar surface area (TPSA) is 83.8 Å². The average molecular weight is 282 g/mol. The van der Waals surface area contributed by atoms with Crippen LogP contribution in [0.2, 0.25) is 0 Å². The molecule has 2 aromatic rings. The van der Waals surface area contributed by atoms with Crippen molar-refractivity contribution < 1.29 is 4.79 Å². The molecule has 0 bridgehead atoms. The standard InChI is InChI=1S/C16H18N4O/c1-10-13(7-5-9-17)6-4-8-14(10)16(21)18-15-11(2)19-20-12(15)3/h4,6,8H,9,17H2,1-3H3,(H,18,21)(H,19,20). The Hall–Kier alpha value is -2.58. The molecule has 1 aromatic carbocycles. The third-order valence-corrected chi connectivity index (χ3v) is 3.27. The predicted molar refractivity (Wildman–Crippen MR) is 83.1 cm³/mol. The average Bonchev–Trinajstić information content (AvgIpc) is 2.78. The number of aryl methyl sites for hydroxylation is 2. The summed E-state index contributed by atoms with van der Waals surface area (Å²) in [5.74, 6) is 5.61. The molecule has 0 spiro atoms. The lowest BCUT2D eigenvalue weighted by molar-refractivity contribution is 0.102. The smallest absolute Gasteiger partial charge is 0.256 e. The van der Waals surface area contributed by atoms with Gasteiger partial charge in [-0.15, -0.1) is 0 Å². The maximum absolute atomic E-state index is 12.4. The number of nitrogens with two attached hydrogens (primary N) is 1. The second kappa shape index (κ2) is 6.25. The number of carbonyl (C=O) groups excluding carboxylic acids is 1. The zero-order valence-electron chi connectivity index (χ0n) is 12.4. The summed E-state index contributed by atoms with van der Waals surface area (Å²) in [7, 11) is 0. The SMILES string of the molecule is Cc1n[nH]c(C)c1NC(=O)c1cccc(C#CCN)c1C. The number of amides is 1. The van der Waals surface area contributed by atoms with Gasteiger partial charge >= 0.3 is 0 Å². The van der Waals surface area contributed by atoms with E-state index >= 15 is 0 Å². The van der Waals surface area contributed by atoms with Crippen molar-refractivity contribution in [2.24, 2.45) is 5.73 Å². The van der Waals surface area contributed by atoms with Crippen molar-refractivity contribution in [3.8, 4) is 11.8 Å². The summed E-state index contributed by atoms with van der Waals surface area (Å²) in [5.41, 5.74) is 9.95. The van der Waals surface area contributed by atoms with E-state index in [0.717, 1.165) is 28.2 Å². The van der Waals surface area contributed by atoms with E-state index in [9.17, 15) is 4.79 Å². The van der Waals surface area contributed by atoms with Crippen LogP contribution in [0.1, 0.15) is 32.9 Å². The van der Waals surface area contributed by atoms with Crippen LogP contribution < -0.4 is 11.1 Å². The highest BCUT2D eigenvalue weighted by atomic mass is 16.1. The lowest BCUT2D eigenvalue weighted by Crippen LogP contribution is -2.15. The third-order valence-electron chi connectivity index (χ3n) is 3.27. The Balaban J connectivity index is 2.32. The van der Waals surface area contributed by atoms with Crippen LogP contribution in [-0.4, -0.2) is 22.6 Å². The molecule has 0 aliphatic heterocycles. The number of benzene rings is 1. The number of nitrogens with zero attached hydrogens (tertiary/aromatic N) is 1. The van der Waals surface area contributed by atoms with Gasteiger partial charge in [-0.1, -0.05) is 17.9 Å². The first-order chi connectivity index (χ1) is 10.0. The van der Waals surface area contributed by atoms with Gasteiger partial charge in [0.1, 0.15) is 0 Å². The van der Waals surface area contributed by atoms with Gasteiger partial charge in [0.2, 0.25) is 0 Å². The highest BCUT2D eigenvalue weighted by Gasteiger charge is 2.14. The number of hydrogen-bond donors (Lipinski definition) is 3. The van der Waals surface area contributed by atoms with Gasteiger partial charge in [0.25, 0.3) is 5.91 Å².